The number of benzene rings is 1. The number of rotatable bonds is 10. The molecule has 0 bridgehead atoms. The summed E-state index contributed by atoms with van der Waals surface area (Å²) < 4.78 is 32.9. The number of unbranched alkanes of at least 4 members (excludes halogenated alkanes) is 1. The number of ether oxygens (including phenoxy) is 3. The van der Waals surface area contributed by atoms with Crippen molar-refractivity contribution in [1.82, 2.24) is 9.88 Å². The maximum Gasteiger partial charge on any atom is 0.328 e. The number of nitrogens with zero attached hydrogens (tertiary/aromatic N) is 2. The highest BCUT2D eigenvalue weighted by Gasteiger charge is 2.39. The molecule has 2 fully saturated rings. The van der Waals surface area contributed by atoms with Crippen LogP contribution in [0.5, 0.6) is 0 Å². The normalized spacial score (nSPS) is 23.9. The molecule has 4 atom stereocenters. The molecule has 0 amide bonds. The first-order valence-electron chi connectivity index (χ1n) is 16.1. The minimum atomic E-state index is -0.702. The summed E-state index contributed by atoms with van der Waals surface area (Å²) in [4.78, 5) is 20.7. The molecule has 2 aliphatic heterocycles. The van der Waals surface area contributed by atoms with Crippen LogP contribution in [-0.4, -0.2) is 53.9 Å². The summed E-state index contributed by atoms with van der Waals surface area (Å²) in [5, 5.41) is 0. The largest absolute Gasteiger partial charge is 0.459 e. The van der Waals surface area contributed by atoms with Crippen molar-refractivity contribution in [1.29, 1.82) is 0 Å². The topological polar surface area (TPSA) is 60.9 Å². The number of hydrogen-bond donors (Lipinski definition) is 0. The second kappa shape index (κ2) is 14.0. The van der Waals surface area contributed by atoms with Crippen LogP contribution in [0.2, 0.25) is 0 Å². The third-order valence-electron chi connectivity index (χ3n) is 8.80. The fraction of sp³-hybridized carbons (Fsp3) is 0.657. The van der Waals surface area contributed by atoms with Crippen LogP contribution < -0.4 is 0 Å². The third kappa shape index (κ3) is 8.18. The van der Waals surface area contributed by atoms with E-state index in [1.807, 2.05) is 20.8 Å². The van der Waals surface area contributed by atoms with E-state index in [-0.39, 0.29) is 24.0 Å². The first-order chi connectivity index (χ1) is 20.2. The van der Waals surface area contributed by atoms with Gasteiger partial charge in [-0.2, -0.15) is 0 Å². The average molecular weight is 581 g/mol. The van der Waals surface area contributed by atoms with Gasteiger partial charge in [-0.15, -0.1) is 0 Å². The molecule has 2 unspecified atom stereocenters. The molecule has 5 rings (SSSR count). The molecule has 6 nitrogen and oxygen atoms in total. The molecular formula is C35H49FN2O4. The third-order valence-corrected chi connectivity index (χ3v) is 8.80. The van der Waals surface area contributed by atoms with Gasteiger partial charge in [-0.25, -0.2) is 9.18 Å². The van der Waals surface area contributed by atoms with E-state index in [9.17, 15) is 9.18 Å². The van der Waals surface area contributed by atoms with Crippen LogP contribution in [0.25, 0.3) is 0 Å². The number of carbonyl (C=O) groups is 1. The summed E-state index contributed by atoms with van der Waals surface area (Å²) in [6.45, 7) is 10.6. The van der Waals surface area contributed by atoms with Crippen molar-refractivity contribution in [3.05, 3.63) is 64.2 Å². The lowest BCUT2D eigenvalue weighted by molar-refractivity contribution is -0.161. The Hall–Kier alpha value is -2.35. The van der Waals surface area contributed by atoms with Gasteiger partial charge in [-0.05, 0) is 126 Å². The van der Waals surface area contributed by atoms with Gasteiger partial charge < -0.3 is 14.2 Å². The Morgan fingerprint density at radius 1 is 1.14 bits per heavy atom. The molecule has 3 heterocycles. The molecule has 2 saturated heterocycles. The molecule has 1 aromatic carbocycles. The zero-order valence-electron chi connectivity index (χ0n) is 26.0. The van der Waals surface area contributed by atoms with Crippen molar-refractivity contribution < 1.29 is 23.4 Å². The lowest BCUT2D eigenvalue weighted by Gasteiger charge is -2.33. The number of fused-ring (bicyclic) bond motifs is 1. The highest BCUT2D eigenvalue weighted by molar-refractivity contribution is 5.79. The fourth-order valence-electron chi connectivity index (χ4n) is 6.63. The second-order valence-electron chi connectivity index (χ2n) is 13.6. The van der Waals surface area contributed by atoms with Gasteiger partial charge in [-0.3, -0.25) is 9.88 Å². The van der Waals surface area contributed by atoms with Gasteiger partial charge in [0.25, 0.3) is 0 Å². The van der Waals surface area contributed by atoms with Crippen molar-refractivity contribution in [2.24, 2.45) is 5.92 Å². The molecule has 230 valence electrons. The van der Waals surface area contributed by atoms with Crippen LogP contribution in [0.15, 0.2) is 30.3 Å². The Balaban J connectivity index is 1.19. The van der Waals surface area contributed by atoms with E-state index in [2.05, 4.69) is 24.0 Å². The fourth-order valence-corrected chi connectivity index (χ4v) is 6.63. The molecule has 0 radical (unpaired) electrons. The number of halogens is 1. The van der Waals surface area contributed by atoms with E-state index < -0.39 is 11.6 Å². The van der Waals surface area contributed by atoms with E-state index in [1.165, 1.54) is 35.5 Å². The van der Waals surface area contributed by atoms with Gasteiger partial charge in [0, 0.05) is 37.7 Å². The van der Waals surface area contributed by atoms with Gasteiger partial charge in [-0.1, -0.05) is 19.1 Å². The summed E-state index contributed by atoms with van der Waals surface area (Å²) in [5.74, 6) is 0.0217. The predicted octanol–water partition coefficient (Wildman–Crippen LogP) is 7.08. The van der Waals surface area contributed by atoms with Crippen molar-refractivity contribution >= 4 is 5.97 Å². The summed E-state index contributed by atoms with van der Waals surface area (Å²) in [7, 11) is 0. The van der Waals surface area contributed by atoms with Crippen LogP contribution in [-0.2, 0) is 38.3 Å². The SMILES string of the molecule is CC1CCc2ccc(CCCCO[C@@H]3CCN(C(C(=O)OC(C)(C)C)c4cc(F)ccc4[C@@H]4CCCCO4)C3)nc2C1. The Labute approximate surface area is 251 Å². The molecule has 3 aliphatic rings. The van der Waals surface area contributed by atoms with E-state index in [4.69, 9.17) is 19.2 Å². The monoisotopic (exact) mass is 580 g/mol. The second-order valence-corrected chi connectivity index (χ2v) is 13.6. The summed E-state index contributed by atoms with van der Waals surface area (Å²) in [6, 6.07) is 8.54. The molecule has 1 aromatic heterocycles. The molecule has 2 aromatic rings. The molecule has 1 aliphatic carbocycles. The minimum Gasteiger partial charge on any atom is -0.459 e. The summed E-state index contributed by atoms with van der Waals surface area (Å²) in [5.41, 5.74) is 4.80. The first kappa shape index (κ1) is 31.1. The average Bonchev–Trinajstić information content (AvgIpc) is 3.40. The Morgan fingerprint density at radius 3 is 2.79 bits per heavy atom. The standard InChI is InChI=1S/C35H49FN2O4/c1-24-11-12-25-13-15-27(37-31(25)21-24)9-5-7-19-40-28-17-18-38(23-28)33(34(39)42-35(2,3)4)30-22-26(36)14-16-29(30)32-10-6-8-20-41-32/h13-16,22,24,28,32-33H,5-12,17-21,23H2,1-4H3/t24?,28-,32+,33?/m1/s1. The van der Waals surface area contributed by atoms with E-state index >= 15 is 0 Å². The van der Waals surface area contributed by atoms with Crippen LogP contribution >= 0.6 is 0 Å². The minimum absolute atomic E-state index is 0.0289. The zero-order valence-corrected chi connectivity index (χ0v) is 26.0. The molecular weight excluding hydrogens is 531 g/mol. The van der Waals surface area contributed by atoms with Crippen LogP contribution in [0.1, 0.15) is 113 Å². The van der Waals surface area contributed by atoms with Gasteiger partial charge >= 0.3 is 5.97 Å². The Morgan fingerprint density at radius 2 is 2.00 bits per heavy atom. The molecule has 7 heteroatoms. The lowest BCUT2D eigenvalue weighted by Crippen LogP contribution is -2.38. The van der Waals surface area contributed by atoms with Crippen molar-refractivity contribution in [2.75, 3.05) is 26.3 Å². The quantitative estimate of drug-likeness (QED) is 0.221. The summed E-state index contributed by atoms with van der Waals surface area (Å²) >= 11 is 0. The number of pyridine rings is 1. The number of carbonyl (C=O) groups excluding carboxylic acids is 1. The molecule has 0 saturated carbocycles. The smallest absolute Gasteiger partial charge is 0.328 e. The lowest BCUT2D eigenvalue weighted by atomic mass is 9.88. The Bertz CT molecular complexity index is 1210. The van der Waals surface area contributed by atoms with Gasteiger partial charge in [0.05, 0.1) is 12.2 Å². The van der Waals surface area contributed by atoms with Crippen LogP contribution in [0.3, 0.4) is 0 Å². The van der Waals surface area contributed by atoms with Crippen LogP contribution in [0, 0.1) is 11.7 Å². The number of esters is 1. The van der Waals surface area contributed by atoms with E-state index in [0.717, 1.165) is 69.3 Å². The van der Waals surface area contributed by atoms with E-state index in [0.29, 0.717) is 31.9 Å². The first-order valence-corrected chi connectivity index (χ1v) is 16.1. The van der Waals surface area contributed by atoms with Crippen molar-refractivity contribution in [3.63, 3.8) is 0 Å². The van der Waals surface area contributed by atoms with Gasteiger partial charge in [0.15, 0.2) is 0 Å². The number of hydrogen-bond acceptors (Lipinski definition) is 6. The maximum absolute atomic E-state index is 14.7. The highest BCUT2D eigenvalue weighted by atomic mass is 19.1. The zero-order chi connectivity index (χ0) is 29.7. The number of aromatic nitrogens is 1. The number of aryl methyl sites for hydroxylation is 2. The Kier molecular flexibility index (Phi) is 10.3. The number of likely N-dealkylation sites (tertiary alicyclic amines) is 1. The van der Waals surface area contributed by atoms with E-state index in [1.54, 1.807) is 6.07 Å². The highest BCUT2D eigenvalue weighted by Crippen LogP contribution is 2.38. The summed E-state index contributed by atoms with van der Waals surface area (Å²) in [6.07, 6.45) is 10.1. The molecule has 42 heavy (non-hydrogen) atoms. The van der Waals surface area contributed by atoms with Crippen molar-refractivity contribution in [2.45, 2.75) is 116 Å². The molecule has 0 N–H and O–H groups in total. The van der Waals surface area contributed by atoms with Gasteiger partial charge in [0.1, 0.15) is 17.5 Å². The van der Waals surface area contributed by atoms with Crippen molar-refractivity contribution in [3.8, 4) is 0 Å². The van der Waals surface area contributed by atoms with Gasteiger partial charge in [0.2, 0.25) is 0 Å². The predicted molar refractivity (Wildman–Crippen MR) is 162 cm³/mol. The maximum atomic E-state index is 14.7. The molecule has 0 spiro atoms. The van der Waals surface area contributed by atoms with Crippen LogP contribution in [0.4, 0.5) is 4.39 Å².